The van der Waals surface area contributed by atoms with Crippen LogP contribution in [0, 0.1) is 0 Å². The lowest BCUT2D eigenvalue weighted by molar-refractivity contribution is -0.120. The van der Waals surface area contributed by atoms with Crippen LogP contribution in [0.25, 0.3) is 11.1 Å². The molecule has 1 aliphatic heterocycles. The number of nitrogens with one attached hydrogen (secondary N) is 1. The topological polar surface area (TPSA) is 128 Å². The molecule has 4 N–H and O–H groups in total. The predicted molar refractivity (Wildman–Crippen MR) is 124 cm³/mol. The molecule has 8 nitrogen and oxygen atoms in total. The van der Waals surface area contributed by atoms with Crippen LogP contribution in [-0.4, -0.2) is 36.6 Å². The Bertz CT molecular complexity index is 1250. The van der Waals surface area contributed by atoms with Crippen molar-refractivity contribution in [3.63, 3.8) is 0 Å². The zero-order chi connectivity index (χ0) is 23.7. The first-order valence-electron chi connectivity index (χ1n) is 9.83. The Labute approximate surface area is 197 Å². The van der Waals surface area contributed by atoms with E-state index in [4.69, 9.17) is 26.8 Å². The molecular weight excluding hydrogens is 468 g/mol. The largest absolute Gasteiger partial charge is 0.493 e. The van der Waals surface area contributed by atoms with Gasteiger partial charge in [-0.3, -0.25) is 9.59 Å². The van der Waals surface area contributed by atoms with Crippen LogP contribution < -0.4 is 20.5 Å². The molecule has 0 spiro atoms. The number of hydrogen-bond donors (Lipinski definition) is 3. The number of aromatic carboxylic acids is 1. The second-order valence-electron chi connectivity index (χ2n) is 7.33. The van der Waals surface area contributed by atoms with E-state index in [0.29, 0.717) is 43.8 Å². The molecule has 10 heteroatoms. The van der Waals surface area contributed by atoms with E-state index in [9.17, 15) is 19.5 Å². The lowest BCUT2D eigenvalue weighted by atomic mass is 9.88. The summed E-state index contributed by atoms with van der Waals surface area (Å²) in [5, 5.41) is 13.2. The fourth-order valence-electron chi connectivity index (χ4n) is 3.77. The van der Waals surface area contributed by atoms with Crippen molar-refractivity contribution in [3.8, 4) is 22.6 Å². The number of carboxylic acids is 1. The summed E-state index contributed by atoms with van der Waals surface area (Å²) in [6.45, 7) is -0.334. The first-order chi connectivity index (χ1) is 15.8. The lowest BCUT2D eigenvalue weighted by Gasteiger charge is -2.24. The first-order valence-corrected chi connectivity index (χ1v) is 11.0. The van der Waals surface area contributed by atoms with Crippen molar-refractivity contribution >= 4 is 46.4 Å². The van der Waals surface area contributed by atoms with E-state index in [-0.39, 0.29) is 23.8 Å². The summed E-state index contributed by atoms with van der Waals surface area (Å²) in [5.41, 5.74) is 7.45. The molecule has 0 saturated carbocycles. The molecule has 0 unspecified atom stereocenters. The molecule has 3 aromatic rings. The summed E-state index contributed by atoms with van der Waals surface area (Å²) in [7, 11) is 1.47. The van der Waals surface area contributed by atoms with Gasteiger partial charge in [0.05, 0.1) is 12.8 Å². The summed E-state index contributed by atoms with van der Waals surface area (Å²) in [6, 6.07) is 11.9. The molecular formula is C23H19ClN2O6S. The molecule has 0 radical (unpaired) electrons. The Morgan fingerprint density at radius 2 is 1.94 bits per heavy atom. The molecule has 0 bridgehead atoms. The Morgan fingerprint density at radius 3 is 2.58 bits per heavy atom. The highest BCUT2D eigenvalue weighted by atomic mass is 35.5. The number of benzene rings is 2. The van der Waals surface area contributed by atoms with Crippen LogP contribution in [0.4, 0.5) is 5.69 Å². The Morgan fingerprint density at radius 1 is 1.21 bits per heavy atom. The van der Waals surface area contributed by atoms with E-state index in [1.165, 1.54) is 7.11 Å². The van der Waals surface area contributed by atoms with Gasteiger partial charge in [0.25, 0.3) is 5.91 Å². The second-order valence-corrected chi connectivity index (χ2v) is 8.82. The zero-order valence-electron chi connectivity index (χ0n) is 17.4. The number of carbonyl (C=O) groups is 3. The number of fused-ring (bicyclic) bond motifs is 1. The third kappa shape index (κ3) is 4.50. The van der Waals surface area contributed by atoms with Crippen molar-refractivity contribution < 1.29 is 29.0 Å². The maximum Gasteiger partial charge on any atom is 0.346 e. The lowest BCUT2D eigenvalue weighted by Crippen LogP contribution is -2.23. The molecule has 2 heterocycles. The molecule has 1 atom stereocenters. The van der Waals surface area contributed by atoms with E-state index in [0.717, 1.165) is 11.3 Å². The van der Waals surface area contributed by atoms with Gasteiger partial charge in [-0.2, -0.15) is 0 Å². The summed E-state index contributed by atoms with van der Waals surface area (Å²) >= 11 is 7.11. The van der Waals surface area contributed by atoms with Crippen molar-refractivity contribution in [2.75, 3.05) is 19.0 Å². The van der Waals surface area contributed by atoms with Gasteiger partial charge in [0.2, 0.25) is 5.91 Å². The smallest absolute Gasteiger partial charge is 0.346 e. The number of methoxy groups -OCH3 is 1. The highest BCUT2D eigenvalue weighted by molar-refractivity contribution is 7.15. The predicted octanol–water partition coefficient (Wildman–Crippen LogP) is 4.11. The van der Waals surface area contributed by atoms with Crippen molar-refractivity contribution in [3.05, 3.63) is 62.8 Å². The first kappa shape index (κ1) is 22.6. The van der Waals surface area contributed by atoms with Gasteiger partial charge in [0.1, 0.15) is 4.88 Å². The molecule has 33 heavy (non-hydrogen) atoms. The summed E-state index contributed by atoms with van der Waals surface area (Å²) < 4.78 is 10.8. The molecule has 0 aliphatic carbocycles. The fraction of sp³-hybridized carbons (Fsp3) is 0.174. The summed E-state index contributed by atoms with van der Waals surface area (Å²) in [6.07, 6.45) is 0.119. The van der Waals surface area contributed by atoms with Crippen molar-refractivity contribution in [2.24, 2.45) is 5.73 Å². The zero-order valence-corrected chi connectivity index (χ0v) is 19.0. The van der Waals surface area contributed by atoms with Gasteiger partial charge >= 0.3 is 5.97 Å². The molecule has 1 aliphatic rings. The molecule has 1 aromatic heterocycles. The minimum Gasteiger partial charge on any atom is -0.493 e. The Balaban J connectivity index is 1.84. The minimum absolute atomic E-state index is 0.119. The molecule has 2 aromatic carbocycles. The number of carbonyl (C=O) groups excluding carboxylic acids is 2. The monoisotopic (exact) mass is 486 g/mol. The van der Waals surface area contributed by atoms with E-state index >= 15 is 0 Å². The quantitative estimate of drug-likeness (QED) is 0.461. The van der Waals surface area contributed by atoms with Gasteiger partial charge in [-0.25, -0.2) is 4.79 Å². The number of carboxylic acid groups (broad SMARTS) is 1. The number of halogens is 1. The Kier molecular flexibility index (Phi) is 6.26. The van der Waals surface area contributed by atoms with Crippen LogP contribution in [-0.2, 0) is 9.59 Å². The number of hydrogen-bond acceptors (Lipinski definition) is 6. The van der Waals surface area contributed by atoms with Gasteiger partial charge in [0.15, 0.2) is 18.1 Å². The van der Waals surface area contributed by atoms with E-state index in [1.807, 2.05) is 0 Å². The summed E-state index contributed by atoms with van der Waals surface area (Å²) in [5.74, 6) is -1.69. The third-order valence-corrected chi connectivity index (χ3v) is 6.74. The van der Waals surface area contributed by atoms with Crippen LogP contribution in [0.1, 0.15) is 32.5 Å². The van der Waals surface area contributed by atoms with Crippen LogP contribution in [0.15, 0.2) is 42.5 Å². The van der Waals surface area contributed by atoms with Crippen molar-refractivity contribution in [1.82, 2.24) is 0 Å². The van der Waals surface area contributed by atoms with Crippen LogP contribution in [0.3, 0.4) is 0 Å². The van der Waals surface area contributed by atoms with Gasteiger partial charge in [0, 0.05) is 27.8 Å². The molecule has 4 rings (SSSR count). The number of nitrogens with two attached hydrogens (primary N) is 1. The average molecular weight is 487 g/mol. The molecule has 0 fully saturated rings. The molecule has 0 saturated heterocycles. The standard InChI is InChI=1S/C23H19ClN2O6S/c1-31-15-7-4-12(8-16(15)32-10-17(25)27)14-9-18(28)26-20-19(11-2-5-13(24)6-3-11)22(23(29)30)33-21(14)20/h2-8,14H,9-10H2,1H3,(H2,25,27)(H,26,28)(H,29,30)/t14-/m0/s1. The van der Waals surface area contributed by atoms with E-state index in [2.05, 4.69) is 5.32 Å². The highest BCUT2D eigenvalue weighted by Gasteiger charge is 2.34. The van der Waals surface area contributed by atoms with Crippen molar-refractivity contribution in [2.45, 2.75) is 12.3 Å². The number of thiophene rings is 1. The van der Waals surface area contributed by atoms with Gasteiger partial charge < -0.3 is 25.6 Å². The highest BCUT2D eigenvalue weighted by Crippen LogP contribution is 2.50. The van der Waals surface area contributed by atoms with Crippen LogP contribution in [0.5, 0.6) is 11.5 Å². The van der Waals surface area contributed by atoms with Gasteiger partial charge in [-0.15, -0.1) is 11.3 Å². The maximum atomic E-state index is 12.7. The van der Waals surface area contributed by atoms with Crippen LogP contribution in [0.2, 0.25) is 5.02 Å². The SMILES string of the molecule is COc1ccc([C@@H]2CC(=O)Nc3c2sc(C(=O)O)c3-c2ccc(Cl)cc2)cc1OCC(N)=O. The Hall–Kier alpha value is -3.56. The number of anilines is 1. The summed E-state index contributed by atoms with van der Waals surface area (Å²) in [4.78, 5) is 36.7. The third-order valence-electron chi connectivity index (χ3n) is 5.19. The van der Waals surface area contributed by atoms with Gasteiger partial charge in [-0.05, 0) is 35.4 Å². The normalized spacial score (nSPS) is 14.8. The van der Waals surface area contributed by atoms with Crippen molar-refractivity contribution in [1.29, 1.82) is 0 Å². The number of ether oxygens (including phenoxy) is 2. The average Bonchev–Trinajstić information content (AvgIpc) is 3.17. The van der Waals surface area contributed by atoms with Crippen LogP contribution >= 0.6 is 22.9 Å². The number of primary amides is 1. The molecule has 170 valence electrons. The fourth-order valence-corrected chi connectivity index (χ4v) is 5.14. The number of rotatable bonds is 7. The maximum absolute atomic E-state index is 12.7. The molecule has 2 amide bonds. The van der Waals surface area contributed by atoms with E-state index in [1.54, 1.807) is 42.5 Å². The number of amides is 2. The van der Waals surface area contributed by atoms with Gasteiger partial charge in [-0.1, -0.05) is 29.8 Å². The van der Waals surface area contributed by atoms with E-state index < -0.39 is 17.8 Å². The minimum atomic E-state index is -1.09. The second kappa shape index (κ2) is 9.13.